The Labute approximate surface area is 116 Å². The Bertz CT molecular complexity index is 581. The summed E-state index contributed by atoms with van der Waals surface area (Å²) in [6.07, 6.45) is 1.60. The molecule has 0 aliphatic carbocycles. The number of nitrogens with zero attached hydrogens (tertiary/aromatic N) is 3. The van der Waals surface area contributed by atoms with Crippen molar-refractivity contribution in [2.45, 2.75) is 13.0 Å². The average molecular weight is 277 g/mol. The fourth-order valence-electron chi connectivity index (χ4n) is 1.76. The molecule has 1 heterocycles. The van der Waals surface area contributed by atoms with Crippen molar-refractivity contribution in [2.24, 2.45) is 7.05 Å². The summed E-state index contributed by atoms with van der Waals surface area (Å²) in [7, 11) is 1.84. The van der Waals surface area contributed by atoms with Crippen LogP contribution in [0.5, 0.6) is 0 Å². The van der Waals surface area contributed by atoms with Gasteiger partial charge >= 0.3 is 0 Å². The van der Waals surface area contributed by atoms with E-state index in [-0.39, 0.29) is 24.3 Å². The molecule has 2 N–H and O–H groups in total. The molecule has 1 aromatic heterocycles. The van der Waals surface area contributed by atoms with Gasteiger partial charge in [-0.15, -0.1) is 10.2 Å². The highest BCUT2D eigenvalue weighted by atomic mass is 19.1. The van der Waals surface area contributed by atoms with E-state index < -0.39 is 0 Å². The Morgan fingerprint density at radius 2 is 2.10 bits per heavy atom. The van der Waals surface area contributed by atoms with Gasteiger partial charge in [-0.25, -0.2) is 4.39 Å². The van der Waals surface area contributed by atoms with Crippen molar-refractivity contribution in [1.29, 1.82) is 0 Å². The Kier molecular flexibility index (Phi) is 4.41. The summed E-state index contributed by atoms with van der Waals surface area (Å²) in [6.45, 7) is 2.03. The zero-order valence-electron chi connectivity index (χ0n) is 11.3. The van der Waals surface area contributed by atoms with Gasteiger partial charge in [0, 0.05) is 12.7 Å². The first-order chi connectivity index (χ1) is 9.56. The van der Waals surface area contributed by atoms with Gasteiger partial charge in [-0.05, 0) is 31.2 Å². The lowest BCUT2D eigenvalue weighted by Crippen LogP contribution is -2.31. The predicted molar refractivity (Wildman–Crippen MR) is 72.5 cm³/mol. The molecule has 106 valence electrons. The van der Waals surface area contributed by atoms with E-state index in [1.165, 1.54) is 24.3 Å². The zero-order chi connectivity index (χ0) is 14.5. The molecule has 0 bridgehead atoms. The number of aromatic nitrogens is 3. The Morgan fingerprint density at radius 3 is 2.70 bits per heavy atom. The fourth-order valence-corrected chi connectivity index (χ4v) is 1.76. The van der Waals surface area contributed by atoms with Crippen LogP contribution in [0.4, 0.5) is 10.1 Å². The van der Waals surface area contributed by atoms with Gasteiger partial charge < -0.3 is 9.88 Å². The number of hydrogen-bond acceptors (Lipinski definition) is 4. The number of carbonyl (C=O) groups is 1. The van der Waals surface area contributed by atoms with Gasteiger partial charge in [0.2, 0.25) is 5.91 Å². The summed E-state index contributed by atoms with van der Waals surface area (Å²) in [5, 5.41) is 13.5. The van der Waals surface area contributed by atoms with Crippen LogP contribution in [0.3, 0.4) is 0 Å². The minimum atomic E-state index is -0.336. The summed E-state index contributed by atoms with van der Waals surface area (Å²) in [5.74, 6) is 0.210. The number of benzene rings is 1. The molecule has 6 nitrogen and oxygen atoms in total. The summed E-state index contributed by atoms with van der Waals surface area (Å²) in [5.41, 5.74) is 0.560. The van der Waals surface area contributed by atoms with Gasteiger partial charge in [0.15, 0.2) is 0 Å². The standard InChI is InChI=1S/C13H16FN5O/c1-9(13-18-16-8-19(13)2)15-7-12(20)17-11-5-3-10(14)4-6-11/h3-6,8-9,15H,7H2,1-2H3,(H,17,20). The first-order valence-electron chi connectivity index (χ1n) is 6.19. The highest BCUT2D eigenvalue weighted by Gasteiger charge is 2.12. The monoisotopic (exact) mass is 277 g/mol. The topological polar surface area (TPSA) is 71.8 Å². The van der Waals surface area contributed by atoms with Gasteiger partial charge in [-0.1, -0.05) is 0 Å². The first-order valence-corrected chi connectivity index (χ1v) is 6.19. The van der Waals surface area contributed by atoms with E-state index in [4.69, 9.17) is 0 Å². The van der Waals surface area contributed by atoms with E-state index in [9.17, 15) is 9.18 Å². The number of hydrogen-bond donors (Lipinski definition) is 2. The number of carbonyl (C=O) groups excluding carboxylic acids is 1. The van der Waals surface area contributed by atoms with E-state index in [1.54, 1.807) is 10.9 Å². The van der Waals surface area contributed by atoms with Crippen LogP contribution in [0, 0.1) is 5.82 Å². The Balaban J connectivity index is 1.83. The third kappa shape index (κ3) is 3.61. The fraction of sp³-hybridized carbons (Fsp3) is 0.308. The highest BCUT2D eigenvalue weighted by molar-refractivity contribution is 5.92. The maximum absolute atomic E-state index is 12.7. The van der Waals surface area contributed by atoms with Crippen molar-refractivity contribution >= 4 is 11.6 Å². The predicted octanol–water partition coefficient (Wildman–Crippen LogP) is 1.24. The van der Waals surface area contributed by atoms with E-state index in [1.807, 2.05) is 14.0 Å². The molecule has 2 aromatic rings. The van der Waals surface area contributed by atoms with Crippen LogP contribution >= 0.6 is 0 Å². The molecule has 0 radical (unpaired) electrons. The number of rotatable bonds is 5. The third-order valence-corrected chi connectivity index (χ3v) is 2.83. The van der Waals surface area contributed by atoms with Gasteiger partial charge in [-0.3, -0.25) is 10.1 Å². The van der Waals surface area contributed by atoms with Crippen LogP contribution in [0.1, 0.15) is 18.8 Å². The number of halogens is 1. The maximum Gasteiger partial charge on any atom is 0.238 e. The van der Waals surface area contributed by atoms with Crippen LogP contribution in [0.2, 0.25) is 0 Å². The molecular formula is C13H16FN5O. The number of anilines is 1. The molecule has 1 unspecified atom stereocenters. The Morgan fingerprint density at radius 1 is 1.40 bits per heavy atom. The van der Waals surface area contributed by atoms with Crippen LogP contribution in [0.15, 0.2) is 30.6 Å². The van der Waals surface area contributed by atoms with Crippen molar-refractivity contribution < 1.29 is 9.18 Å². The van der Waals surface area contributed by atoms with Crippen molar-refractivity contribution in [3.63, 3.8) is 0 Å². The van der Waals surface area contributed by atoms with Gasteiger partial charge in [-0.2, -0.15) is 0 Å². The second-order valence-corrected chi connectivity index (χ2v) is 4.46. The second-order valence-electron chi connectivity index (χ2n) is 4.46. The first kappa shape index (κ1) is 14.1. The van der Waals surface area contributed by atoms with Crippen LogP contribution < -0.4 is 10.6 Å². The van der Waals surface area contributed by atoms with Crippen molar-refractivity contribution in [3.05, 3.63) is 42.2 Å². The maximum atomic E-state index is 12.7. The Hall–Kier alpha value is -2.28. The number of amides is 1. The van der Waals surface area contributed by atoms with Crippen LogP contribution in [-0.4, -0.2) is 27.2 Å². The van der Waals surface area contributed by atoms with Gasteiger partial charge in [0.1, 0.15) is 18.0 Å². The minimum absolute atomic E-state index is 0.0959. The molecular weight excluding hydrogens is 261 g/mol. The molecule has 0 spiro atoms. The molecule has 1 atom stereocenters. The molecule has 7 heteroatoms. The van der Waals surface area contributed by atoms with E-state index in [0.29, 0.717) is 5.69 Å². The highest BCUT2D eigenvalue weighted by Crippen LogP contribution is 2.09. The summed E-state index contributed by atoms with van der Waals surface area (Å²) in [4.78, 5) is 11.7. The third-order valence-electron chi connectivity index (χ3n) is 2.83. The molecule has 0 fully saturated rings. The quantitative estimate of drug-likeness (QED) is 0.862. The number of nitrogens with one attached hydrogen (secondary N) is 2. The van der Waals surface area contributed by atoms with E-state index >= 15 is 0 Å². The lowest BCUT2D eigenvalue weighted by Gasteiger charge is -2.12. The van der Waals surface area contributed by atoms with Crippen LogP contribution in [-0.2, 0) is 11.8 Å². The lowest BCUT2D eigenvalue weighted by molar-refractivity contribution is -0.115. The molecule has 0 aliphatic heterocycles. The average Bonchev–Trinajstić information content (AvgIpc) is 2.85. The molecule has 2 rings (SSSR count). The van der Waals surface area contributed by atoms with Gasteiger partial charge in [0.25, 0.3) is 0 Å². The zero-order valence-corrected chi connectivity index (χ0v) is 11.3. The van der Waals surface area contributed by atoms with Crippen molar-refractivity contribution in [3.8, 4) is 0 Å². The normalized spacial score (nSPS) is 12.2. The van der Waals surface area contributed by atoms with Crippen molar-refractivity contribution in [1.82, 2.24) is 20.1 Å². The molecule has 0 aliphatic rings. The minimum Gasteiger partial charge on any atom is -0.325 e. The summed E-state index contributed by atoms with van der Waals surface area (Å²) in [6, 6.07) is 5.52. The molecule has 0 saturated carbocycles. The van der Waals surface area contributed by atoms with E-state index in [2.05, 4.69) is 20.8 Å². The summed E-state index contributed by atoms with van der Waals surface area (Å²) < 4.78 is 14.5. The van der Waals surface area contributed by atoms with Crippen molar-refractivity contribution in [2.75, 3.05) is 11.9 Å². The summed E-state index contributed by atoms with van der Waals surface area (Å²) >= 11 is 0. The molecule has 20 heavy (non-hydrogen) atoms. The molecule has 0 saturated heterocycles. The van der Waals surface area contributed by atoms with Gasteiger partial charge in [0.05, 0.1) is 12.6 Å². The SMILES string of the molecule is CC(NCC(=O)Nc1ccc(F)cc1)c1nncn1C. The smallest absolute Gasteiger partial charge is 0.238 e. The number of aryl methyl sites for hydroxylation is 1. The lowest BCUT2D eigenvalue weighted by atomic mass is 10.3. The second kappa shape index (κ2) is 6.25. The van der Waals surface area contributed by atoms with E-state index in [0.717, 1.165) is 5.82 Å². The molecule has 1 amide bonds. The van der Waals surface area contributed by atoms with Crippen LogP contribution in [0.25, 0.3) is 0 Å². The molecule has 1 aromatic carbocycles. The largest absolute Gasteiger partial charge is 0.325 e.